The molecular formula is C17H22N4O7S. The summed E-state index contributed by atoms with van der Waals surface area (Å²) in [5.74, 6) is -0.306. The number of nitrogens with one attached hydrogen (secondary N) is 1. The van der Waals surface area contributed by atoms with Crippen LogP contribution in [0.5, 0.6) is 5.75 Å². The number of alkyl carbamates (subject to hydrolysis) is 1. The summed E-state index contributed by atoms with van der Waals surface area (Å²) in [5.41, 5.74) is -2.03. The number of rotatable bonds is 1. The highest BCUT2D eigenvalue weighted by Gasteiger charge is 2.48. The molecule has 3 rings (SSSR count). The largest absolute Gasteiger partial charge is 0.493 e. The fourth-order valence-corrected chi connectivity index (χ4v) is 4.70. The molecule has 158 valence electrons. The van der Waals surface area contributed by atoms with Gasteiger partial charge in [-0.2, -0.15) is 0 Å². The number of fused-ring (bicyclic) bond motifs is 2. The summed E-state index contributed by atoms with van der Waals surface area (Å²) in [6, 6.07) is 3.98. The molecule has 2 aliphatic heterocycles. The van der Waals surface area contributed by atoms with E-state index in [1.807, 2.05) is 0 Å². The predicted octanol–water partition coefficient (Wildman–Crippen LogP) is 1.73. The number of aliphatic imine (C=N–C) groups is 1. The lowest BCUT2D eigenvalue weighted by Gasteiger charge is -2.40. The first-order chi connectivity index (χ1) is 13.3. The zero-order valence-corrected chi connectivity index (χ0v) is 17.3. The molecular weight excluding hydrogens is 404 g/mol. The van der Waals surface area contributed by atoms with Crippen LogP contribution in [0.25, 0.3) is 0 Å². The van der Waals surface area contributed by atoms with E-state index in [9.17, 15) is 23.3 Å². The number of carbonyl (C=O) groups excluding carboxylic acids is 1. The maximum absolute atomic E-state index is 12.8. The Balaban J connectivity index is 2.09. The summed E-state index contributed by atoms with van der Waals surface area (Å²) in [6.45, 7) is 5.19. The van der Waals surface area contributed by atoms with Gasteiger partial charge in [0.1, 0.15) is 16.9 Å². The number of non-ortho nitro benzene ring substituents is 1. The Bertz CT molecular complexity index is 1000. The fraction of sp³-hybridized carbons (Fsp3) is 0.529. The van der Waals surface area contributed by atoms with Gasteiger partial charge in [0, 0.05) is 31.2 Å². The number of nitrogens with zero attached hydrogens (tertiary/aromatic N) is 3. The minimum Gasteiger partial charge on any atom is -0.493 e. The van der Waals surface area contributed by atoms with Crippen LogP contribution in [-0.4, -0.2) is 54.7 Å². The van der Waals surface area contributed by atoms with E-state index in [0.29, 0.717) is 5.75 Å². The molecule has 11 nitrogen and oxygen atoms in total. The highest BCUT2D eigenvalue weighted by Crippen LogP contribution is 2.44. The van der Waals surface area contributed by atoms with Crippen molar-refractivity contribution in [3.05, 3.63) is 33.9 Å². The van der Waals surface area contributed by atoms with Crippen LogP contribution in [0.1, 0.15) is 32.8 Å². The van der Waals surface area contributed by atoms with E-state index in [-0.39, 0.29) is 30.2 Å². The highest BCUT2D eigenvalue weighted by molar-refractivity contribution is 7.89. The molecule has 12 heteroatoms. The van der Waals surface area contributed by atoms with Gasteiger partial charge >= 0.3 is 6.09 Å². The van der Waals surface area contributed by atoms with Crippen molar-refractivity contribution in [3.8, 4) is 5.75 Å². The van der Waals surface area contributed by atoms with E-state index in [4.69, 9.17) is 9.47 Å². The fourth-order valence-electron chi connectivity index (χ4n) is 3.19. The van der Waals surface area contributed by atoms with Gasteiger partial charge in [-0.3, -0.25) is 15.4 Å². The van der Waals surface area contributed by atoms with E-state index < -0.39 is 37.9 Å². The van der Waals surface area contributed by atoms with E-state index in [0.717, 1.165) is 4.31 Å². The average Bonchev–Trinajstić information content (AvgIpc) is 2.57. The first-order valence-corrected chi connectivity index (χ1v) is 10.4. The van der Waals surface area contributed by atoms with Gasteiger partial charge in [0.15, 0.2) is 0 Å². The van der Waals surface area contributed by atoms with Gasteiger partial charge in [-0.25, -0.2) is 22.5 Å². The summed E-state index contributed by atoms with van der Waals surface area (Å²) >= 11 is 0. The number of carbonyl (C=O) groups is 1. The van der Waals surface area contributed by atoms with Crippen molar-refractivity contribution in [2.45, 2.75) is 38.3 Å². The van der Waals surface area contributed by atoms with Crippen LogP contribution in [0.4, 0.5) is 10.5 Å². The van der Waals surface area contributed by atoms with Crippen molar-refractivity contribution in [3.63, 3.8) is 0 Å². The van der Waals surface area contributed by atoms with Crippen LogP contribution in [0.15, 0.2) is 23.2 Å². The summed E-state index contributed by atoms with van der Waals surface area (Å²) in [6.07, 6.45) is -0.685. The summed E-state index contributed by atoms with van der Waals surface area (Å²) in [4.78, 5) is 27.3. The van der Waals surface area contributed by atoms with E-state index in [1.165, 1.54) is 25.2 Å². The van der Waals surface area contributed by atoms with Gasteiger partial charge < -0.3 is 9.47 Å². The minimum atomic E-state index is -3.88. The van der Waals surface area contributed by atoms with Crippen molar-refractivity contribution >= 4 is 27.8 Å². The van der Waals surface area contributed by atoms with Crippen LogP contribution in [0.2, 0.25) is 0 Å². The SMILES string of the molecule is CN1C(NC(=O)OC(C)(C)C)=N[C@@]2(CCOc3ccc([N+](=O)[O-])cc32)CS1(=O)=O. The van der Waals surface area contributed by atoms with Crippen LogP contribution in [-0.2, 0) is 20.3 Å². The second kappa shape index (κ2) is 6.87. The Morgan fingerprint density at radius 1 is 1.41 bits per heavy atom. The molecule has 2 heterocycles. The molecule has 0 radical (unpaired) electrons. The zero-order valence-electron chi connectivity index (χ0n) is 16.5. The molecule has 1 atom stereocenters. The molecule has 0 fully saturated rings. The van der Waals surface area contributed by atoms with Crippen molar-refractivity contribution in [1.29, 1.82) is 0 Å². The topological polar surface area (TPSA) is 140 Å². The second-order valence-corrected chi connectivity index (χ2v) is 9.85. The minimum absolute atomic E-state index is 0.174. The monoisotopic (exact) mass is 426 g/mol. The Labute approximate surface area is 167 Å². The molecule has 1 spiro atoms. The standard InChI is InChI=1S/C17H22N4O7S/c1-16(2,3)28-15(22)18-14-19-17(10-29(25,26)20(14)4)7-8-27-13-6-5-11(21(23)24)9-12(13)17/h5-6,9H,7-8,10H2,1-4H3,(H,18,19,22)/t17-/m0/s1. The van der Waals surface area contributed by atoms with Gasteiger partial charge in [-0.05, 0) is 26.8 Å². The number of benzene rings is 1. The molecule has 0 saturated heterocycles. The molecule has 0 bridgehead atoms. The lowest BCUT2D eigenvalue weighted by atomic mass is 9.86. The van der Waals surface area contributed by atoms with E-state index >= 15 is 0 Å². The predicted molar refractivity (Wildman–Crippen MR) is 103 cm³/mol. The Kier molecular flexibility index (Phi) is 4.93. The normalized spacial score (nSPS) is 22.9. The molecule has 29 heavy (non-hydrogen) atoms. The summed E-state index contributed by atoms with van der Waals surface area (Å²) in [7, 11) is -2.61. The number of amides is 1. The Morgan fingerprint density at radius 3 is 2.72 bits per heavy atom. The van der Waals surface area contributed by atoms with E-state index in [1.54, 1.807) is 20.8 Å². The van der Waals surface area contributed by atoms with Crippen molar-refractivity contribution in [2.75, 3.05) is 19.4 Å². The quantitative estimate of drug-likeness (QED) is 0.532. The van der Waals surface area contributed by atoms with Crippen LogP contribution in [0.3, 0.4) is 0 Å². The third kappa shape index (κ3) is 4.11. The maximum atomic E-state index is 12.8. The molecule has 0 aliphatic carbocycles. The highest BCUT2D eigenvalue weighted by atomic mass is 32.2. The Hall–Kier alpha value is -2.89. The van der Waals surface area contributed by atoms with Crippen molar-refractivity contribution < 1.29 is 27.6 Å². The number of ether oxygens (including phenoxy) is 2. The third-order valence-corrected chi connectivity index (χ3v) is 6.37. The molecule has 1 aromatic rings. The molecule has 1 N–H and O–H groups in total. The summed E-state index contributed by atoms with van der Waals surface area (Å²) < 4.78 is 37.3. The lowest BCUT2D eigenvalue weighted by Crippen LogP contribution is -2.55. The summed E-state index contributed by atoms with van der Waals surface area (Å²) in [5, 5.41) is 13.6. The molecule has 1 amide bonds. The molecule has 0 saturated carbocycles. The maximum Gasteiger partial charge on any atom is 0.414 e. The van der Waals surface area contributed by atoms with Crippen LogP contribution >= 0.6 is 0 Å². The number of guanidine groups is 1. The van der Waals surface area contributed by atoms with Gasteiger partial charge in [-0.1, -0.05) is 0 Å². The number of nitro groups is 1. The van der Waals surface area contributed by atoms with Gasteiger partial charge in [-0.15, -0.1) is 0 Å². The first-order valence-electron chi connectivity index (χ1n) is 8.81. The average molecular weight is 426 g/mol. The van der Waals surface area contributed by atoms with Crippen LogP contribution < -0.4 is 10.1 Å². The van der Waals surface area contributed by atoms with Crippen molar-refractivity contribution in [2.24, 2.45) is 4.99 Å². The van der Waals surface area contributed by atoms with Gasteiger partial charge in [0.2, 0.25) is 16.0 Å². The molecule has 1 aromatic carbocycles. The Morgan fingerprint density at radius 2 is 2.10 bits per heavy atom. The first kappa shape index (κ1) is 20.8. The molecule has 0 aromatic heterocycles. The van der Waals surface area contributed by atoms with Gasteiger partial charge in [0.25, 0.3) is 5.69 Å². The lowest BCUT2D eigenvalue weighted by molar-refractivity contribution is -0.385. The van der Waals surface area contributed by atoms with Crippen LogP contribution in [0, 0.1) is 10.1 Å². The third-order valence-electron chi connectivity index (χ3n) is 4.52. The van der Waals surface area contributed by atoms with Gasteiger partial charge in [0.05, 0.1) is 17.3 Å². The molecule has 2 aliphatic rings. The smallest absolute Gasteiger partial charge is 0.414 e. The van der Waals surface area contributed by atoms with E-state index in [2.05, 4.69) is 10.3 Å². The number of hydrogen-bond acceptors (Lipinski definition) is 8. The number of nitro benzene ring substituents is 1. The zero-order chi connectivity index (χ0) is 21.6. The number of sulfonamides is 1. The molecule has 0 unspecified atom stereocenters. The van der Waals surface area contributed by atoms with Crippen molar-refractivity contribution in [1.82, 2.24) is 9.62 Å². The number of hydrogen-bond donors (Lipinski definition) is 1. The second-order valence-electron chi connectivity index (χ2n) is 7.85.